The summed E-state index contributed by atoms with van der Waals surface area (Å²) in [6, 6.07) is 13.4. The molecular formula is C17H21NO3. The van der Waals surface area contributed by atoms with Crippen molar-refractivity contribution in [3.8, 4) is 17.2 Å². The maximum atomic E-state index is 10.2. The highest BCUT2D eigenvalue weighted by atomic mass is 16.5. The Bertz CT molecular complexity index is 581. The molecule has 3 N–H and O–H groups in total. The molecular weight excluding hydrogens is 266 g/mol. The Labute approximate surface area is 125 Å². The number of para-hydroxylation sites is 1. The predicted molar refractivity (Wildman–Crippen MR) is 83.2 cm³/mol. The molecule has 0 saturated heterocycles. The van der Waals surface area contributed by atoms with Crippen molar-refractivity contribution >= 4 is 0 Å². The summed E-state index contributed by atoms with van der Waals surface area (Å²) in [7, 11) is 3.19. The first kappa shape index (κ1) is 15.2. The number of phenols is 1. The lowest BCUT2D eigenvalue weighted by atomic mass is 9.91. The third-order valence-electron chi connectivity index (χ3n) is 3.64. The van der Waals surface area contributed by atoms with Crippen molar-refractivity contribution in [2.24, 2.45) is 5.73 Å². The van der Waals surface area contributed by atoms with Gasteiger partial charge in [0, 0.05) is 5.92 Å². The maximum Gasteiger partial charge on any atom is 0.160 e. The molecule has 0 fully saturated rings. The van der Waals surface area contributed by atoms with Gasteiger partial charge in [-0.3, -0.25) is 0 Å². The molecule has 112 valence electrons. The van der Waals surface area contributed by atoms with Crippen LogP contribution in [-0.2, 0) is 6.42 Å². The second-order valence-electron chi connectivity index (χ2n) is 4.88. The van der Waals surface area contributed by atoms with Gasteiger partial charge in [0.1, 0.15) is 5.75 Å². The van der Waals surface area contributed by atoms with Crippen LogP contribution >= 0.6 is 0 Å². The number of phenolic OH excluding ortho intramolecular Hbond substituents is 1. The molecule has 0 aliphatic carbocycles. The smallest absolute Gasteiger partial charge is 0.160 e. The minimum absolute atomic E-state index is 0.133. The summed E-state index contributed by atoms with van der Waals surface area (Å²) in [5, 5.41) is 10.2. The number of rotatable bonds is 6. The first-order valence-electron chi connectivity index (χ1n) is 6.88. The number of hydrogen-bond acceptors (Lipinski definition) is 4. The molecule has 4 heteroatoms. The minimum Gasteiger partial charge on any atom is -0.504 e. The van der Waals surface area contributed by atoms with Crippen molar-refractivity contribution < 1.29 is 14.6 Å². The van der Waals surface area contributed by atoms with Gasteiger partial charge in [-0.1, -0.05) is 24.3 Å². The molecule has 2 rings (SSSR count). The van der Waals surface area contributed by atoms with Gasteiger partial charge in [0.25, 0.3) is 0 Å². The normalized spacial score (nSPS) is 12.0. The van der Waals surface area contributed by atoms with Crippen molar-refractivity contribution in [3.05, 3.63) is 53.6 Å². The first-order valence-corrected chi connectivity index (χ1v) is 6.88. The molecule has 0 aliphatic rings. The van der Waals surface area contributed by atoms with E-state index in [4.69, 9.17) is 15.2 Å². The van der Waals surface area contributed by atoms with Gasteiger partial charge < -0.3 is 20.3 Å². The van der Waals surface area contributed by atoms with Gasteiger partial charge in [-0.05, 0) is 42.3 Å². The highest BCUT2D eigenvalue weighted by Crippen LogP contribution is 2.33. The van der Waals surface area contributed by atoms with E-state index in [2.05, 4.69) is 0 Å². The minimum atomic E-state index is 0.133. The van der Waals surface area contributed by atoms with E-state index < -0.39 is 0 Å². The summed E-state index contributed by atoms with van der Waals surface area (Å²) < 4.78 is 10.3. The summed E-state index contributed by atoms with van der Waals surface area (Å²) in [6.45, 7) is 0.503. The molecule has 1 atom stereocenters. The molecule has 1 unspecified atom stereocenters. The van der Waals surface area contributed by atoms with E-state index in [9.17, 15) is 5.11 Å². The topological polar surface area (TPSA) is 64.7 Å². The molecule has 0 heterocycles. The average Bonchev–Trinajstić information content (AvgIpc) is 2.54. The number of nitrogens with two attached hydrogens (primary N) is 1. The van der Waals surface area contributed by atoms with Gasteiger partial charge in [0.2, 0.25) is 0 Å². The third-order valence-corrected chi connectivity index (χ3v) is 3.64. The molecule has 0 aliphatic heterocycles. The second kappa shape index (κ2) is 6.99. The number of methoxy groups -OCH3 is 2. The Morgan fingerprint density at radius 1 is 1.05 bits per heavy atom. The Balaban J connectivity index is 2.22. The highest BCUT2D eigenvalue weighted by molar-refractivity contribution is 5.46. The Kier molecular flexibility index (Phi) is 5.06. The molecule has 0 radical (unpaired) electrons. The van der Waals surface area contributed by atoms with Crippen LogP contribution in [0.5, 0.6) is 17.2 Å². The van der Waals surface area contributed by atoms with Crippen molar-refractivity contribution in [2.75, 3.05) is 20.8 Å². The molecule has 4 nitrogen and oxygen atoms in total. The number of benzene rings is 2. The number of ether oxygens (including phenoxy) is 2. The lowest BCUT2D eigenvalue weighted by Crippen LogP contribution is -2.15. The molecule has 0 spiro atoms. The maximum absolute atomic E-state index is 10.2. The second-order valence-corrected chi connectivity index (χ2v) is 4.88. The standard InChI is InChI=1S/C17H21NO3/c1-20-15-8-6-12(7-9-15)14(11-18)10-13-4-3-5-16(21-2)17(13)19/h3-9,14,19H,10-11,18H2,1-2H3. The van der Waals surface area contributed by atoms with Gasteiger partial charge in [-0.25, -0.2) is 0 Å². The van der Waals surface area contributed by atoms with Crippen LogP contribution in [0.25, 0.3) is 0 Å². The van der Waals surface area contributed by atoms with Gasteiger partial charge >= 0.3 is 0 Å². The Morgan fingerprint density at radius 2 is 1.76 bits per heavy atom. The Morgan fingerprint density at radius 3 is 2.33 bits per heavy atom. The van der Waals surface area contributed by atoms with Crippen molar-refractivity contribution in [1.29, 1.82) is 0 Å². The molecule has 0 aromatic heterocycles. The molecule has 0 saturated carbocycles. The van der Waals surface area contributed by atoms with Crippen molar-refractivity contribution in [2.45, 2.75) is 12.3 Å². The van der Waals surface area contributed by atoms with Gasteiger partial charge in [-0.2, -0.15) is 0 Å². The first-order chi connectivity index (χ1) is 10.2. The fraction of sp³-hybridized carbons (Fsp3) is 0.294. The molecule has 21 heavy (non-hydrogen) atoms. The quantitative estimate of drug-likeness (QED) is 0.857. The van der Waals surface area contributed by atoms with Crippen LogP contribution < -0.4 is 15.2 Å². The monoisotopic (exact) mass is 287 g/mol. The van der Waals surface area contributed by atoms with Crippen LogP contribution in [-0.4, -0.2) is 25.9 Å². The summed E-state index contributed by atoms with van der Waals surface area (Å²) in [6.07, 6.45) is 0.659. The molecule has 0 bridgehead atoms. The SMILES string of the molecule is COc1ccc(C(CN)Cc2cccc(OC)c2O)cc1. The van der Waals surface area contributed by atoms with Gasteiger partial charge in [-0.15, -0.1) is 0 Å². The largest absolute Gasteiger partial charge is 0.504 e. The lowest BCUT2D eigenvalue weighted by molar-refractivity contribution is 0.370. The number of hydrogen-bond donors (Lipinski definition) is 2. The van der Waals surface area contributed by atoms with E-state index in [1.54, 1.807) is 20.3 Å². The molecule has 2 aromatic carbocycles. The Hall–Kier alpha value is -2.20. The van der Waals surface area contributed by atoms with Crippen LogP contribution in [0.4, 0.5) is 0 Å². The van der Waals surface area contributed by atoms with Crippen LogP contribution in [0, 0.1) is 0 Å². The lowest BCUT2D eigenvalue weighted by Gasteiger charge is -2.17. The highest BCUT2D eigenvalue weighted by Gasteiger charge is 2.15. The van der Waals surface area contributed by atoms with Crippen LogP contribution in [0.3, 0.4) is 0 Å². The van der Waals surface area contributed by atoms with Crippen LogP contribution in [0.2, 0.25) is 0 Å². The van der Waals surface area contributed by atoms with E-state index in [1.807, 2.05) is 36.4 Å². The summed E-state index contributed by atoms with van der Waals surface area (Å²) in [5.74, 6) is 1.62. The average molecular weight is 287 g/mol. The van der Waals surface area contributed by atoms with Crippen LogP contribution in [0.1, 0.15) is 17.0 Å². The zero-order valence-electron chi connectivity index (χ0n) is 12.4. The predicted octanol–water partition coefficient (Wildman–Crippen LogP) is 2.69. The zero-order valence-corrected chi connectivity index (χ0v) is 12.4. The summed E-state index contributed by atoms with van der Waals surface area (Å²) in [5.41, 5.74) is 7.86. The fourth-order valence-electron chi connectivity index (χ4n) is 2.38. The molecule has 0 amide bonds. The van der Waals surface area contributed by atoms with E-state index in [0.717, 1.165) is 16.9 Å². The van der Waals surface area contributed by atoms with E-state index in [1.165, 1.54) is 0 Å². The van der Waals surface area contributed by atoms with Crippen LogP contribution in [0.15, 0.2) is 42.5 Å². The number of aromatic hydroxyl groups is 1. The summed E-state index contributed by atoms with van der Waals surface area (Å²) >= 11 is 0. The zero-order chi connectivity index (χ0) is 15.2. The summed E-state index contributed by atoms with van der Waals surface area (Å²) in [4.78, 5) is 0. The van der Waals surface area contributed by atoms with Gasteiger partial charge in [0.15, 0.2) is 11.5 Å². The van der Waals surface area contributed by atoms with Crippen molar-refractivity contribution in [1.82, 2.24) is 0 Å². The van der Waals surface area contributed by atoms with E-state index in [-0.39, 0.29) is 11.7 Å². The van der Waals surface area contributed by atoms with E-state index in [0.29, 0.717) is 18.7 Å². The third kappa shape index (κ3) is 3.47. The van der Waals surface area contributed by atoms with E-state index >= 15 is 0 Å². The fourth-order valence-corrected chi connectivity index (χ4v) is 2.38. The van der Waals surface area contributed by atoms with Gasteiger partial charge in [0.05, 0.1) is 14.2 Å². The molecule has 2 aromatic rings. The van der Waals surface area contributed by atoms with Crippen molar-refractivity contribution in [3.63, 3.8) is 0 Å².